The zero-order chi connectivity index (χ0) is 21.4. The van der Waals surface area contributed by atoms with Gasteiger partial charge >= 0.3 is 0 Å². The first-order valence-electron chi connectivity index (χ1n) is 10.8. The largest absolute Gasteiger partial charge is 0.350 e. The molecule has 1 saturated heterocycles. The number of nitrogens with one attached hydrogen (secondary N) is 1. The summed E-state index contributed by atoms with van der Waals surface area (Å²) in [6, 6.07) is 5.58. The van der Waals surface area contributed by atoms with Crippen LogP contribution in [-0.2, 0) is 34.2 Å². The molecular weight excluding hydrogens is 432 g/mol. The highest BCUT2D eigenvalue weighted by Gasteiger charge is 2.32. The molecule has 0 unspecified atom stereocenters. The Morgan fingerprint density at radius 1 is 1.16 bits per heavy atom. The number of aromatic nitrogens is 2. The summed E-state index contributed by atoms with van der Waals surface area (Å²) in [6.45, 7) is 1.14. The van der Waals surface area contributed by atoms with E-state index in [1.807, 2.05) is 34.3 Å². The summed E-state index contributed by atoms with van der Waals surface area (Å²) in [4.78, 5) is 18.4. The second-order valence-corrected chi connectivity index (χ2v) is 11.2. The second kappa shape index (κ2) is 8.37. The van der Waals surface area contributed by atoms with Gasteiger partial charge in [0.05, 0.1) is 17.1 Å². The third-order valence-corrected chi connectivity index (χ3v) is 9.03. The Labute approximate surface area is 186 Å². The van der Waals surface area contributed by atoms with Gasteiger partial charge in [0.1, 0.15) is 0 Å². The van der Waals surface area contributed by atoms with E-state index < -0.39 is 10.0 Å². The number of nitrogens with zero attached hydrogens (tertiary/aromatic N) is 3. The van der Waals surface area contributed by atoms with Crippen molar-refractivity contribution in [2.45, 2.75) is 50.0 Å². The summed E-state index contributed by atoms with van der Waals surface area (Å²) < 4.78 is 29.7. The molecule has 164 valence electrons. The maximum atomic E-state index is 13.1. The first-order chi connectivity index (χ1) is 15.0. The third-order valence-electron chi connectivity index (χ3n) is 6.37. The monoisotopic (exact) mass is 458 g/mol. The van der Waals surface area contributed by atoms with E-state index in [1.165, 1.54) is 21.9 Å². The van der Waals surface area contributed by atoms with E-state index in [4.69, 9.17) is 0 Å². The number of fused-ring (bicyclic) bond motifs is 2. The lowest BCUT2D eigenvalue weighted by Crippen LogP contribution is -2.42. The number of benzene rings is 1. The first-order valence-corrected chi connectivity index (χ1v) is 13.1. The number of carbonyl (C=O) groups excluding carboxylic acids is 1. The minimum Gasteiger partial charge on any atom is -0.350 e. The Balaban J connectivity index is 1.18. The molecular formula is C22H26N4O3S2. The molecule has 0 saturated carbocycles. The minimum absolute atomic E-state index is 0.0258. The van der Waals surface area contributed by atoms with Crippen LogP contribution in [0.5, 0.6) is 0 Å². The Morgan fingerprint density at radius 3 is 2.71 bits per heavy atom. The van der Waals surface area contributed by atoms with Crippen LogP contribution in [0.25, 0.3) is 4.96 Å². The number of imidazole rings is 1. The lowest BCUT2D eigenvalue weighted by atomic mass is 9.92. The zero-order valence-electron chi connectivity index (χ0n) is 17.3. The molecule has 0 spiro atoms. The highest BCUT2D eigenvalue weighted by Crippen LogP contribution is 2.28. The van der Waals surface area contributed by atoms with Crippen LogP contribution in [-0.4, -0.2) is 41.1 Å². The average molecular weight is 459 g/mol. The molecule has 0 atom stereocenters. The maximum Gasteiger partial charge on any atom is 0.243 e. The molecule has 1 aromatic carbocycles. The molecule has 1 N–H and O–H groups in total. The summed E-state index contributed by atoms with van der Waals surface area (Å²) in [5.41, 5.74) is 3.27. The number of amides is 1. The fraction of sp³-hybridized carbons (Fsp3) is 0.455. The number of hydrogen-bond donors (Lipinski definition) is 1. The predicted octanol–water partition coefficient (Wildman–Crippen LogP) is 2.99. The lowest BCUT2D eigenvalue weighted by molar-refractivity contribution is -0.126. The van der Waals surface area contributed by atoms with Gasteiger partial charge < -0.3 is 5.32 Å². The van der Waals surface area contributed by atoms with Crippen LogP contribution in [0.2, 0.25) is 0 Å². The smallest absolute Gasteiger partial charge is 0.243 e. The van der Waals surface area contributed by atoms with Crippen LogP contribution in [0, 0.1) is 5.92 Å². The van der Waals surface area contributed by atoms with Crippen molar-refractivity contribution in [1.29, 1.82) is 0 Å². The zero-order valence-corrected chi connectivity index (χ0v) is 18.9. The van der Waals surface area contributed by atoms with Gasteiger partial charge in [-0.3, -0.25) is 9.20 Å². The highest BCUT2D eigenvalue weighted by molar-refractivity contribution is 7.89. The van der Waals surface area contributed by atoms with Crippen molar-refractivity contribution < 1.29 is 13.2 Å². The lowest BCUT2D eigenvalue weighted by Gasteiger charge is -2.30. The van der Waals surface area contributed by atoms with Crippen LogP contribution < -0.4 is 5.32 Å². The van der Waals surface area contributed by atoms with Crippen LogP contribution in [0.1, 0.15) is 42.5 Å². The molecule has 7 nitrogen and oxygen atoms in total. The summed E-state index contributed by atoms with van der Waals surface area (Å²) in [5.74, 6) is -0.194. The van der Waals surface area contributed by atoms with E-state index in [1.54, 1.807) is 17.4 Å². The van der Waals surface area contributed by atoms with E-state index in [-0.39, 0.29) is 11.8 Å². The average Bonchev–Trinajstić information content (AvgIpc) is 3.39. The molecule has 3 heterocycles. The van der Waals surface area contributed by atoms with Crippen LogP contribution in [0.15, 0.2) is 40.9 Å². The van der Waals surface area contributed by atoms with Gasteiger partial charge in [-0.15, -0.1) is 11.3 Å². The topological polar surface area (TPSA) is 83.8 Å². The van der Waals surface area contributed by atoms with Crippen LogP contribution in [0.3, 0.4) is 0 Å². The van der Waals surface area contributed by atoms with E-state index in [0.29, 0.717) is 37.4 Å². The van der Waals surface area contributed by atoms with Crippen molar-refractivity contribution in [2.75, 3.05) is 13.1 Å². The van der Waals surface area contributed by atoms with Crippen molar-refractivity contribution in [3.8, 4) is 0 Å². The molecule has 0 radical (unpaired) electrons. The number of piperidine rings is 1. The maximum absolute atomic E-state index is 13.1. The number of thiazole rings is 1. The van der Waals surface area contributed by atoms with Crippen LogP contribution in [0.4, 0.5) is 0 Å². The summed E-state index contributed by atoms with van der Waals surface area (Å²) in [5, 5.41) is 4.93. The molecule has 2 aromatic heterocycles. The molecule has 31 heavy (non-hydrogen) atoms. The van der Waals surface area contributed by atoms with Crippen molar-refractivity contribution >= 4 is 32.2 Å². The molecule has 5 rings (SSSR count). The molecule has 1 fully saturated rings. The van der Waals surface area contributed by atoms with Gasteiger partial charge in [0.25, 0.3) is 0 Å². The van der Waals surface area contributed by atoms with Gasteiger partial charge in [-0.1, -0.05) is 6.07 Å². The predicted molar refractivity (Wildman–Crippen MR) is 119 cm³/mol. The third kappa shape index (κ3) is 4.14. The van der Waals surface area contributed by atoms with Gasteiger partial charge in [-0.2, -0.15) is 4.31 Å². The number of carbonyl (C=O) groups is 1. The second-order valence-electron chi connectivity index (χ2n) is 8.36. The molecule has 0 bridgehead atoms. The molecule has 3 aromatic rings. The number of hydrogen-bond acceptors (Lipinski definition) is 5. The van der Waals surface area contributed by atoms with Crippen molar-refractivity contribution in [2.24, 2.45) is 5.92 Å². The molecule has 1 aliphatic heterocycles. The minimum atomic E-state index is -3.52. The molecule has 1 amide bonds. The van der Waals surface area contributed by atoms with E-state index in [2.05, 4.69) is 10.3 Å². The highest BCUT2D eigenvalue weighted by atomic mass is 32.2. The van der Waals surface area contributed by atoms with Gasteiger partial charge in [-0.05, 0) is 61.8 Å². The molecule has 2 aliphatic rings. The fourth-order valence-electron chi connectivity index (χ4n) is 4.56. The molecule has 1 aliphatic carbocycles. The van der Waals surface area contributed by atoms with E-state index in [9.17, 15) is 13.2 Å². The SMILES string of the molecule is O=C(NCc1cn2ccsc2n1)C1CCN(S(=O)(=O)c2ccc3c(c2)CCCC3)CC1. The summed E-state index contributed by atoms with van der Waals surface area (Å²) >= 11 is 1.56. The number of aryl methyl sites for hydroxylation is 2. The fourth-order valence-corrected chi connectivity index (χ4v) is 6.80. The normalized spacial score (nSPS) is 18.2. The first kappa shape index (κ1) is 20.7. The number of rotatable bonds is 5. The van der Waals surface area contributed by atoms with Gasteiger partial charge in [0, 0.05) is 36.8 Å². The van der Waals surface area contributed by atoms with Crippen molar-refractivity contribution in [3.63, 3.8) is 0 Å². The Morgan fingerprint density at radius 2 is 1.94 bits per heavy atom. The Hall–Kier alpha value is -2.23. The van der Waals surface area contributed by atoms with Crippen molar-refractivity contribution in [3.05, 3.63) is 52.8 Å². The Bertz CT molecular complexity index is 1180. The van der Waals surface area contributed by atoms with Gasteiger partial charge in [-0.25, -0.2) is 13.4 Å². The van der Waals surface area contributed by atoms with Crippen molar-refractivity contribution in [1.82, 2.24) is 19.0 Å². The summed E-state index contributed by atoms with van der Waals surface area (Å²) in [7, 11) is -3.52. The standard InChI is InChI=1S/C22H26N4O3S2/c27-21(23-14-19-15-25-11-12-30-22(25)24-19)17-7-9-26(10-8-17)31(28,29)20-6-5-16-3-1-2-4-18(16)13-20/h5-6,11-13,15,17H,1-4,7-10,14H2,(H,23,27). The van der Waals surface area contributed by atoms with E-state index >= 15 is 0 Å². The number of sulfonamides is 1. The van der Waals surface area contributed by atoms with Gasteiger partial charge in [0.2, 0.25) is 15.9 Å². The van der Waals surface area contributed by atoms with E-state index in [0.717, 1.165) is 29.9 Å². The quantitative estimate of drug-likeness (QED) is 0.637. The molecule has 9 heteroatoms. The Kier molecular flexibility index (Phi) is 5.58. The van der Waals surface area contributed by atoms with Crippen LogP contribution >= 0.6 is 11.3 Å². The van der Waals surface area contributed by atoms with Gasteiger partial charge in [0.15, 0.2) is 4.96 Å². The summed E-state index contributed by atoms with van der Waals surface area (Å²) in [6.07, 6.45) is 9.21.